The van der Waals surface area contributed by atoms with Crippen LogP contribution in [-0.4, -0.2) is 0 Å². The van der Waals surface area contributed by atoms with Crippen molar-refractivity contribution in [2.24, 2.45) is 0 Å². The molecule has 4 rings (SSSR count). The van der Waals surface area contributed by atoms with Crippen LogP contribution < -0.4 is 0 Å². The Labute approximate surface area is 118 Å². The van der Waals surface area contributed by atoms with Crippen LogP contribution in [-0.2, 0) is 0 Å². The number of hydrogen-bond acceptors (Lipinski definition) is 0. The fourth-order valence-corrected chi connectivity index (χ4v) is 2.96. The van der Waals surface area contributed by atoms with Gasteiger partial charge in [0.15, 0.2) is 0 Å². The van der Waals surface area contributed by atoms with E-state index in [1.54, 1.807) is 0 Å². The van der Waals surface area contributed by atoms with E-state index in [0.717, 1.165) is 0 Å². The zero-order valence-corrected chi connectivity index (χ0v) is 11.0. The molecule has 2 aliphatic rings. The van der Waals surface area contributed by atoms with Crippen molar-refractivity contribution in [3.05, 3.63) is 93.8 Å². The van der Waals surface area contributed by atoms with Crippen molar-refractivity contribution >= 4 is 12.2 Å². The zero-order valence-electron chi connectivity index (χ0n) is 11.0. The highest BCUT2D eigenvalue weighted by Crippen LogP contribution is 2.47. The van der Waals surface area contributed by atoms with Crippen molar-refractivity contribution in [3.8, 4) is 0 Å². The van der Waals surface area contributed by atoms with Gasteiger partial charge in [-0.05, 0) is 11.1 Å². The summed E-state index contributed by atoms with van der Waals surface area (Å²) in [4.78, 5) is 0. The molecule has 2 atom stereocenters. The summed E-state index contributed by atoms with van der Waals surface area (Å²) in [5.41, 5.74) is 5.01. The van der Waals surface area contributed by atoms with E-state index in [1.807, 2.05) is 12.4 Å². The van der Waals surface area contributed by atoms with Crippen LogP contribution in [0.4, 0.5) is 0 Å². The van der Waals surface area contributed by atoms with E-state index >= 15 is 0 Å². The molecule has 0 spiro atoms. The van der Waals surface area contributed by atoms with Crippen molar-refractivity contribution in [1.82, 2.24) is 0 Å². The van der Waals surface area contributed by atoms with Gasteiger partial charge in [0.1, 0.15) is 0 Å². The van der Waals surface area contributed by atoms with Crippen LogP contribution in [0.1, 0.15) is 34.3 Å². The molecule has 0 aromatic heterocycles. The van der Waals surface area contributed by atoms with Gasteiger partial charge in [0.25, 0.3) is 0 Å². The zero-order chi connectivity index (χ0) is 13.4. The van der Waals surface area contributed by atoms with E-state index in [2.05, 4.69) is 71.3 Å². The van der Waals surface area contributed by atoms with Gasteiger partial charge in [0, 0.05) is 0 Å². The summed E-state index contributed by atoms with van der Waals surface area (Å²) in [6, 6.07) is 17.0. The van der Waals surface area contributed by atoms with E-state index in [1.165, 1.54) is 22.3 Å². The van der Waals surface area contributed by atoms with E-state index in [-0.39, 0.29) is 12.1 Å². The summed E-state index contributed by atoms with van der Waals surface area (Å²) >= 11 is 0. The minimum absolute atomic E-state index is 0.0716. The second kappa shape index (κ2) is 4.57. The lowest BCUT2D eigenvalue weighted by Gasteiger charge is -2.50. The Balaban J connectivity index is 1.80. The predicted octanol–water partition coefficient (Wildman–Crippen LogP) is 5.19. The van der Waals surface area contributed by atoms with Crippen LogP contribution in [0.3, 0.4) is 0 Å². The molecule has 2 unspecified atom stereocenters. The lowest BCUT2D eigenvalue weighted by molar-refractivity contribution is 0.690. The second-order valence-electron chi connectivity index (χ2n) is 5.08. The van der Waals surface area contributed by atoms with Gasteiger partial charge in [0.05, 0.1) is 0 Å². The Bertz CT molecular complexity index is 639. The molecule has 0 saturated carbocycles. The summed E-state index contributed by atoms with van der Waals surface area (Å²) in [7, 11) is 0. The highest BCUT2D eigenvalue weighted by Gasteiger charge is 2.16. The lowest BCUT2D eigenvalue weighted by atomic mass is 9.86. The predicted molar refractivity (Wildman–Crippen MR) is 83.2 cm³/mol. The quantitative estimate of drug-likeness (QED) is 0.673. The molecular formula is C18H14N2-2. The van der Waals surface area contributed by atoms with Crippen LogP contribution in [0.15, 0.2) is 60.9 Å². The van der Waals surface area contributed by atoms with Crippen LogP contribution in [0.25, 0.3) is 22.8 Å². The Morgan fingerprint density at radius 1 is 0.600 bits per heavy atom. The maximum absolute atomic E-state index is 4.69. The number of fused-ring (bicyclic) bond motifs is 2. The Kier molecular flexibility index (Phi) is 2.59. The highest BCUT2D eigenvalue weighted by molar-refractivity contribution is 5.66. The summed E-state index contributed by atoms with van der Waals surface area (Å²) in [5, 5.41) is 9.37. The topological polar surface area (TPSA) is 28.2 Å². The molecule has 0 saturated heterocycles. The summed E-state index contributed by atoms with van der Waals surface area (Å²) in [5.74, 6) is 0. The van der Waals surface area contributed by atoms with Gasteiger partial charge < -0.3 is 10.6 Å². The average Bonchev–Trinajstić information content (AvgIpc) is 2.54. The minimum atomic E-state index is 0.0716. The van der Waals surface area contributed by atoms with Crippen molar-refractivity contribution in [1.29, 1.82) is 0 Å². The molecule has 0 aliphatic carbocycles. The molecule has 0 N–H and O–H groups in total. The van der Waals surface area contributed by atoms with E-state index in [4.69, 9.17) is 0 Å². The fraction of sp³-hybridized carbons (Fsp3) is 0.111. The Morgan fingerprint density at radius 2 is 1.05 bits per heavy atom. The standard InChI is InChI=1S/C18H14N2/c1-3-7-15-13(5-1)9-11-19-17(15)18-16-8-4-2-6-14(16)10-12-20-18/h1-12,17-18H/q-2. The number of nitrogens with zero attached hydrogens (tertiary/aromatic N) is 2. The van der Waals surface area contributed by atoms with Crippen LogP contribution in [0, 0.1) is 0 Å². The molecule has 2 heterocycles. The number of hydrogen-bond donors (Lipinski definition) is 0. The van der Waals surface area contributed by atoms with Gasteiger partial charge in [-0.1, -0.05) is 71.8 Å². The summed E-state index contributed by atoms with van der Waals surface area (Å²) in [6.45, 7) is 0. The van der Waals surface area contributed by atoms with E-state index in [0.29, 0.717) is 0 Å². The van der Waals surface area contributed by atoms with E-state index < -0.39 is 0 Å². The van der Waals surface area contributed by atoms with Gasteiger partial charge in [-0.3, -0.25) is 0 Å². The molecule has 20 heavy (non-hydrogen) atoms. The van der Waals surface area contributed by atoms with E-state index in [9.17, 15) is 0 Å². The number of benzene rings is 2. The first-order valence-corrected chi connectivity index (χ1v) is 6.84. The first kappa shape index (κ1) is 11.4. The monoisotopic (exact) mass is 258 g/mol. The molecule has 0 fully saturated rings. The molecule has 0 amide bonds. The van der Waals surface area contributed by atoms with Gasteiger partial charge >= 0.3 is 0 Å². The maximum atomic E-state index is 4.69. The normalized spacial score (nSPS) is 22.4. The first-order chi connectivity index (χ1) is 9.93. The largest absolute Gasteiger partial charge is 0.685 e. The van der Waals surface area contributed by atoms with Crippen LogP contribution >= 0.6 is 0 Å². The van der Waals surface area contributed by atoms with Gasteiger partial charge in [-0.15, -0.1) is 12.1 Å². The van der Waals surface area contributed by atoms with Crippen molar-refractivity contribution < 1.29 is 0 Å². The third-order valence-electron chi connectivity index (χ3n) is 3.93. The molecule has 98 valence electrons. The molecule has 2 nitrogen and oxygen atoms in total. The van der Waals surface area contributed by atoms with Crippen LogP contribution in [0.2, 0.25) is 0 Å². The third kappa shape index (κ3) is 1.73. The first-order valence-electron chi connectivity index (χ1n) is 6.84. The highest BCUT2D eigenvalue weighted by atomic mass is 15.0. The van der Waals surface area contributed by atoms with Crippen molar-refractivity contribution in [2.45, 2.75) is 12.1 Å². The summed E-state index contributed by atoms with van der Waals surface area (Å²) < 4.78 is 0. The van der Waals surface area contributed by atoms with Crippen molar-refractivity contribution in [3.63, 3.8) is 0 Å². The molecule has 0 bridgehead atoms. The number of rotatable bonds is 1. The van der Waals surface area contributed by atoms with Gasteiger partial charge in [-0.2, -0.15) is 12.4 Å². The molecule has 0 radical (unpaired) electrons. The average molecular weight is 258 g/mol. The van der Waals surface area contributed by atoms with Crippen molar-refractivity contribution in [2.75, 3.05) is 0 Å². The van der Waals surface area contributed by atoms with Gasteiger partial charge in [0.2, 0.25) is 0 Å². The second-order valence-corrected chi connectivity index (χ2v) is 5.08. The summed E-state index contributed by atoms with van der Waals surface area (Å²) in [6.07, 6.45) is 7.94. The molecule has 2 aliphatic heterocycles. The minimum Gasteiger partial charge on any atom is -0.685 e. The fourth-order valence-electron chi connectivity index (χ4n) is 2.96. The SMILES string of the molecule is C1=Cc2ccccc2C(C2[N-]C=Cc3ccccc32)[N-]1. The third-order valence-corrected chi connectivity index (χ3v) is 3.93. The smallest absolute Gasteiger partial charge is 0.0255 e. The van der Waals surface area contributed by atoms with Crippen LogP contribution in [0.5, 0.6) is 0 Å². The van der Waals surface area contributed by atoms with Gasteiger partial charge in [-0.25, -0.2) is 0 Å². The molecule has 2 heteroatoms. The Morgan fingerprint density at radius 3 is 1.55 bits per heavy atom. The maximum Gasteiger partial charge on any atom is -0.0255 e. The Hall–Kier alpha value is -2.48. The molecule has 2 aromatic rings. The molecule has 2 aromatic carbocycles. The molecular weight excluding hydrogens is 244 g/mol. The lowest BCUT2D eigenvalue weighted by Crippen LogP contribution is -2.14.